The first-order valence-electron chi connectivity index (χ1n) is 5.81. The smallest absolute Gasteiger partial charge is 0.255 e. The molecule has 2 N–H and O–H groups in total. The maximum Gasteiger partial charge on any atom is 0.255 e. The number of phenolic OH excluding ortho intramolecular Hbond substituents is 1. The van der Waals surface area contributed by atoms with Gasteiger partial charge in [-0.05, 0) is 18.2 Å². The molecule has 0 radical (unpaired) electrons. The quantitative estimate of drug-likeness (QED) is 0.872. The van der Waals surface area contributed by atoms with Crippen LogP contribution in [0.3, 0.4) is 0 Å². The van der Waals surface area contributed by atoms with Crippen LogP contribution in [0.5, 0.6) is 5.75 Å². The van der Waals surface area contributed by atoms with E-state index in [4.69, 9.17) is 0 Å². The molecule has 1 aromatic heterocycles. The number of phenols is 1. The third-order valence-corrected chi connectivity index (χ3v) is 2.79. The number of carbonyl (C=O) groups excluding carboxylic acids is 1. The van der Waals surface area contributed by atoms with E-state index in [-0.39, 0.29) is 11.3 Å². The van der Waals surface area contributed by atoms with Crippen LogP contribution in [0.4, 0.5) is 4.39 Å². The summed E-state index contributed by atoms with van der Waals surface area (Å²) in [5, 5.41) is 16.2. The second-order valence-corrected chi connectivity index (χ2v) is 4.11. The summed E-state index contributed by atoms with van der Waals surface area (Å²) >= 11 is 0. The molecule has 1 amide bonds. The maximum absolute atomic E-state index is 12.8. The molecule has 0 spiro atoms. The molecule has 6 heteroatoms. The average molecular weight is 263 g/mol. The zero-order valence-corrected chi connectivity index (χ0v) is 10.4. The van der Waals surface area contributed by atoms with Crippen molar-refractivity contribution in [2.24, 2.45) is 7.05 Å². The lowest BCUT2D eigenvalue weighted by molar-refractivity contribution is 0.0951. The van der Waals surface area contributed by atoms with Crippen molar-refractivity contribution in [3.05, 3.63) is 47.5 Å². The van der Waals surface area contributed by atoms with Gasteiger partial charge in [0.15, 0.2) is 0 Å². The van der Waals surface area contributed by atoms with E-state index in [2.05, 4.69) is 10.4 Å². The minimum atomic E-state index is -0.580. The van der Waals surface area contributed by atoms with E-state index in [1.165, 1.54) is 6.07 Å². The van der Waals surface area contributed by atoms with Crippen molar-refractivity contribution in [3.63, 3.8) is 0 Å². The number of hydrogen-bond acceptors (Lipinski definition) is 3. The molecule has 2 rings (SSSR count). The number of aryl methyl sites for hydroxylation is 1. The number of halogens is 1. The number of carbonyl (C=O) groups is 1. The molecule has 1 heterocycles. The Balaban J connectivity index is 1.93. The van der Waals surface area contributed by atoms with Gasteiger partial charge in [-0.3, -0.25) is 9.48 Å². The molecule has 1 aromatic carbocycles. The second-order valence-electron chi connectivity index (χ2n) is 4.11. The lowest BCUT2D eigenvalue weighted by atomic mass is 10.2. The normalized spacial score (nSPS) is 10.4. The topological polar surface area (TPSA) is 67.2 Å². The highest BCUT2D eigenvalue weighted by molar-refractivity contribution is 5.96. The third-order valence-electron chi connectivity index (χ3n) is 2.79. The Hall–Kier alpha value is -2.37. The molecule has 0 fully saturated rings. The van der Waals surface area contributed by atoms with Crippen LogP contribution in [-0.2, 0) is 13.5 Å². The first-order valence-corrected chi connectivity index (χ1v) is 5.81. The summed E-state index contributed by atoms with van der Waals surface area (Å²) < 4.78 is 14.5. The van der Waals surface area contributed by atoms with Gasteiger partial charge in [-0.25, -0.2) is 4.39 Å². The molecule has 2 aromatic rings. The summed E-state index contributed by atoms with van der Waals surface area (Å²) in [6.07, 6.45) is 2.31. The lowest BCUT2D eigenvalue weighted by Gasteiger charge is -2.07. The monoisotopic (exact) mass is 263 g/mol. The average Bonchev–Trinajstić information content (AvgIpc) is 2.75. The summed E-state index contributed by atoms with van der Waals surface area (Å²) in [7, 11) is 1.82. The van der Waals surface area contributed by atoms with Crippen LogP contribution in [0.15, 0.2) is 30.5 Å². The van der Waals surface area contributed by atoms with Crippen molar-refractivity contribution in [1.29, 1.82) is 0 Å². The Morgan fingerprint density at radius 3 is 2.89 bits per heavy atom. The van der Waals surface area contributed by atoms with E-state index in [0.29, 0.717) is 13.0 Å². The number of nitrogens with zero attached hydrogens (tertiary/aromatic N) is 2. The number of amides is 1. The van der Waals surface area contributed by atoms with Crippen LogP contribution in [0.25, 0.3) is 0 Å². The van der Waals surface area contributed by atoms with Gasteiger partial charge in [0.1, 0.15) is 11.6 Å². The number of nitrogens with one attached hydrogen (secondary N) is 1. The van der Waals surface area contributed by atoms with E-state index in [1.807, 2.05) is 13.1 Å². The van der Waals surface area contributed by atoms with Crippen LogP contribution in [0, 0.1) is 5.82 Å². The van der Waals surface area contributed by atoms with Gasteiger partial charge in [0.25, 0.3) is 5.91 Å². The summed E-state index contributed by atoms with van der Waals surface area (Å²) in [4.78, 5) is 11.8. The van der Waals surface area contributed by atoms with Gasteiger partial charge in [-0.15, -0.1) is 0 Å². The number of hydrogen-bond donors (Lipinski definition) is 2. The molecular weight excluding hydrogens is 249 g/mol. The molecule has 0 saturated heterocycles. The predicted octanol–water partition coefficient (Wildman–Crippen LogP) is 1.24. The SMILES string of the molecule is Cn1nccc1CCNC(=O)c1ccc(F)cc1O. The van der Waals surface area contributed by atoms with E-state index >= 15 is 0 Å². The fourth-order valence-corrected chi connectivity index (χ4v) is 1.74. The second kappa shape index (κ2) is 5.51. The van der Waals surface area contributed by atoms with Gasteiger partial charge >= 0.3 is 0 Å². The van der Waals surface area contributed by atoms with Gasteiger partial charge < -0.3 is 10.4 Å². The number of benzene rings is 1. The molecule has 0 aliphatic rings. The van der Waals surface area contributed by atoms with Gasteiger partial charge in [0, 0.05) is 38.0 Å². The lowest BCUT2D eigenvalue weighted by Crippen LogP contribution is -2.26. The van der Waals surface area contributed by atoms with Gasteiger partial charge in [-0.2, -0.15) is 5.10 Å². The summed E-state index contributed by atoms with van der Waals surface area (Å²) in [5.41, 5.74) is 1.05. The molecule has 0 aliphatic carbocycles. The highest BCUT2D eigenvalue weighted by Gasteiger charge is 2.11. The highest BCUT2D eigenvalue weighted by Crippen LogP contribution is 2.17. The molecule has 19 heavy (non-hydrogen) atoms. The third kappa shape index (κ3) is 3.09. The van der Waals surface area contributed by atoms with Crippen molar-refractivity contribution in [1.82, 2.24) is 15.1 Å². The molecular formula is C13H14FN3O2. The Morgan fingerprint density at radius 1 is 1.47 bits per heavy atom. The zero-order chi connectivity index (χ0) is 13.8. The molecule has 0 atom stereocenters. The summed E-state index contributed by atoms with van der Waals surface area (Å²) in [5.74, 6) is -1.37. The molecule has 0 aliphatic heterocycles. The van der Waals surface area contributed by atoms with E-state index in [0.717, 1.165) is 17.8 Å². The Kier molecular flexibility index (Phi) is 3.79. The Bertz CT molecular complexity index is 595. The predicted molar refractivity (Wildman–Crippen MR) is 67.3 cm³/mol. The fraction of sp³-hybridized carbons (Fsp3) is 0.231. The van der Waals surface area contributed by atoms with Crippen molar-refractivity contribution < 1.29 is 14.3 Å². The van der Waals surface area contributed by atoms with Crippen molar-refractivity contribution in [2.75, 3.05) is 6.54 Å². The minimum absolute atomic E-state index is 0.0615. The molecule has 0 bridgehead atoms. The zero-order valence-electron chi connectivity index (χ0n) is 10.4. The molecule has 0 unspecified atom stereocenters. The van der Waals surface area contributed by atoms with Crippen LogP contribution in [0.1, 0.15) is 16.1 Å². The summed E-state index contributed by atoms with van der Waals surface area (Å²) in [6, 6.07) is 5.16. The van der Waals surface area contributed by atoms with Crippen LogP contribution in [0.2, 0.25) is 0 Å². The number of aromatic nitrogens is 2. The van der Waals surface area contributed by atoms with E-state index in [1.54, 1.807) is 10.9 Å². The Labute approximate surface area is 109 Å². The van der Waals surface area contributed by atoms with Crippen LogP contribution >= 0.6 is 0 Å². The van der Waals surface area contributed by atoms with Crippen molar-refractivity contribution >= 4 is 5.91 Å². The molecule has 100 valence electrons. The van der Waals surface area contributed by atoms with Crippen molar-refractivity contribution in [3.8, 4) is 5.75 Å². The molecule has 0 saturated carbocycles. The first-order chi connectivity index (χ1) is 9.08. The van der Waals surface area contributed by atoms with Gasteiger partial charge in [-0.1, -0.05) is 0 Å². The fourth-order valence-electron chi connectivity index (χ4n) is 1.74. The highest BCUT2D eigenvalue weighted by atomic mass is 19.1. The van der Waals surface area contributed by atoms with Crippen LogP contribution in [-0.4, -0.2) is 27.3 Å². The van der Waals surface area contributed by atoms with Crippen LogP contribution < -0.4 is 5.32 Å². The first kappa shape index (κ1) is 13.1. The minimum Gasteiger partial charge on any atom is -0.507 e. The largest absolute Gasteiger partial charge is 0.507 e. The standard InChI is InChI=1S/C13H14FN3O2/c1-17-10(5-7-16-17)4-6-15-13(19)11-3-2-9(14)8-12(11)18/h2-3,5,7-8,18H,4,6H2,1H3,(H,15,19). The van der Waals surface area contributed by atoms with Gasteiger partial charge in [0.2, 0.25) is 0 Å². The van der Waals surface area contributed by atoms with E-state index < -0.39 is 11.7 Å². The van der Waals surface area contributed by atoms with Gasteiger partial charge in [0.05, 0.1) is 5.56 Å². The summed E-state index contributed by atoms with van der Waals surface area (Å²) in [6.45, 7) is 0.412. The van der Waals surface area contributed by atoms with E-state index in [9.17, 15) is 14.3 Å². The number of rotatable bonds is 4. The number of aromatic hydroxyl groups is 1. The Morgan fingerprint density at radius 2 is 2.26 bits per heavy atom. The molecule has 5 nitrogen and oxygen atoms in total. The van der Waals surface area contributed by atoms with Crippen molar-refractivity contribution in [2.45, 2.75) is 6.42 Å². The maximum atomic E-state index is 12.8.